The second-order valence-corrected chi connectivity index (χ2v) is 13.0. The average Bonchev–Trinajstić information content (AvgIpc) is 3.11. The van der Waals surface area contributed by atoms with Gasteiger partial charge in [0.15, 0.2) is 0 Å². The quantitative estimate of drug-likeness (QED) is 0.131. The van der Waals surface area contributed by atoms with E-state index >= 15 is 0 Å². The highest BCUT2D eigenvalue weighted by atomic mass is 19.4. The number of nitro benzene ring substituents is 1. The predicted molar refractivity (Wildman–Crippen MR) is 185 cm³/mol. The third kappa shape index (κ3) is 11.0. The number of methoxy groups -OCH3 is 1. The molecule has 2 unspecified atom stereocenters. The number of halogens is 3. The van der Waals surface area contributed by atoms with Crippen LogP contribution in [-0.2, 0) is 25.5 Å². The van der Waals surface area contributed by atoms with Crippen molar-refractivity contribution in [3.63, 3.8) is 0 Å². The number of nitrogens with zero attached hydrogens (tertiary/aromatic N) is 3. The van der Waals surface area contributed by atoms with E-state index in [0.717, 1.165) is 50.9 Å². The number of ether oxygens (including phenoxy) is 3. The van der Waals surface area contributed by atoms with E-state index in [4.69, 9.17) is 9.47 Å². The van der Waals surface area contributed by atoms with Crippen molar-refractivity contribution in [3.05, 3.63) is 92.3 Å². The van der Waals surface area contributed by atoms with E-state index in [1.165, 1.54) is 19.1 Å². The van der Waals surface area contributed by atoms with Crippen LogP contribution in [0, 0.1) is 10.1 Å². The molecule has 2 aliphatic rings. The Morgan fingerprint density at radius 1 is 1.04 bits per heavy atom. The largest absolute Gasteiger partial charge is 0.491 e. The Morgan fingerprint density at radius 2 is 1.69 bits per heavy atom. The van der Waals surface area contributed by atoms with Crippen LogP contribution in [0.1, 0.15) is 37.8 Å². The van der Waals surface area contributed by atoms with Gasteiger partial charge in [-0.1, -0.05) is 38.1 Å². The first-order valence-electron chi connectivity index (χ1n) is 17.0. The number of nitro groups is 1. The monoisotopic (exact) mass is 733 g/mol. The maximum atomic E-state index is 14.2. The minimum Gasteiger partial charge on any atom is -0.491 e. The zero-order valence-corrected chi connectivity index (χ0v) is 29.7. The molecule has 3 N–H and O–H groups in total. The second kappa shape index (κ2) is 18.3. The molecule has 0 aromatic heterocycles. The number of dihydropyridines is 1. The summed E-state index contributed by atoms with van der Waals surface area (Å²) in [5, 5.41) is 26.8. The zero-order valence-electron chi connectivity index (χ0n) is 29.7. The van der Waals surface area contributed by atoms with E-state index in [1.807, 2.05) is 38.1 Å². The Balaban J connectivity index is 1.31. The molecule has 0 bridgehead atoms. The zero-order chi connectivity index (χ0) is 38.0. The average molecular weight is 734 g/mol. The fourth-order valence-corrected chi connectivity index (χ4v) is 6.05. The normalized spacial score (nSPS) is 17.9. The number of benzene rings is 2. The van der Waals surface area contributed by atoms with Crippen molar-refractivity contribution >= 4 is 17.6 Å². The third-order valence-corrected chi connectivity index (χ3v) is 8.84. The fourth-order valence-electron chi connectivity index (χ4n) is 6.05. The Labute approximate surface area is 300 Å². The van der Waals surface area contributed by atoms with E-state index in [2.05, 4.69) is 25.2 Å². The van der Waals surface area contributed by atoms with Crippen molar-refractivity contribution < 1.29 is 47.0 Å². The van der Waals surface area contributed by atoms with Crippen LogP contribution in [0.4, 0.5) is 18.9 Å². The highest BCUT2D eigenvalue weighted by molar-refractivity contribution is 6.00. The summed E-state index contributed by atoms with van der Waals surface area (Å²) in [6.07, 6.45) is -4.79. The molecule has 13 nitrogen and oxygen atoms in total. The summed E-state index contributed by atoms with van der Waals surface area (Å²) in [7, 11) is 0.909. The predicted octanol–water partition coefficient (Wildman–Crippen LogP) is 3.69. The van der Waals surface area contributed by atoms with Gasteiger partial charge in [-0.05, 0) is 36.6 Å². The molecular weight excluding hydrogens is 687 g/mol. The van der Waals surface area contributed by atoms with Crippen molar-refractivity contribution in [1.82, 2.24) is 20.4 Å². The molecule has 2 aromatic carbocycles. The van der Waals surface area contributed by atoms with Crippen LogP contribution in [0.3, 0.4) is 0 Å². The Bertz CT molecular complexity index is 1620. The highest BCUT2D eigenvalue weighted by Gasteiger charge is 2.47. The number of carbonyl (C=O) groups excluding carboxylic acids is 2. The van der Waals surface area contributed by atoms with Crippen LogP contribution in [0.5, 0.6) is 5.75 Å². The second-order valence-electron chi connectivity index (χ2n) is 13.0. The summed E-state index contributed by atoms with van der Waals surface area (Å²) in [5.74, 6) is -3.26. The molecule has 2 atom stereocenters. The molecule has 0 amide bonds. The minimum atomic E-state index is -5.03. The van der Waals surface area contributed by atoms with E-state index in [0.29, 0.717) is 31.9 Å². The van der Waals surface area contributed by atoms with Crippen LogP contribution in [0.2, 0.25) is 0 Å². The number of carbonyl (C=O) groups is 2. The van der Waals surface area contributed by atoms with Crippen LogP contribution in [0.25, 0.3) is 0 Å². The topological polar surface area (TPSA) is 156 Å². The van der Waals surface area contributed by atoms with Crippen molar-refractivity contribution in [3.8, 4) is 5.75 Å². The lowest BCUT2D eigenvalue weighted by Gasteiger charge is -2.35. The summed E-state index contributed by atoms with van der Waals surface area (Å²) in [5.41, 5.74) is -2.16. The molecule has 0 saturated carbocycles. The molecule has 1 saturated heterocycles. The molecular formula is C36H46F3N5O8. The van der Waals surface area contributed by atoms with Crippen LogP contribution in [0.15, 0.2) is 71.1 Å². The standard InChI is InChI=1S/C36H46F3N5O8/c1-23(2)40-21-28(45)22-52-29-10-8-25(9-11-29)12-13-42-14-16-43(17-15-42)18-19-51-35(47)30-24(3)41-33(36(37,38)39)32(34(46)50-4)31(30)26-6-5-7-27(20-26)44(48)49/h5-11,20,23,28,31,40-41,45H,12-19,21-22H2,1-4H3. The van der Waals surface area contributed by atoms with Gasteiger partial charge >= 0.3 is 18.1 Å². The highest BCUT2D eigenvalue weighted by Crippen LogP contribution is 2.44. The number of nitrogens with one attached hydrogen (secondary N) is 2. The van der Waals surface area contributed by atoms with Crippen molar-refractivity contribution in [2.24, 2.45) is 0 Å². The fraction of sp³-hybridized carbons (Fsp3) is 0.500. The van der Waals surface area contributed by atoms with Crippen molar-refractivity contribution in [1.29, 1.82) is 0 Å². The Hall–Kier alpha value is -4.51. The first kappa shape index (κ1) is 40.3. The first-order chi connectivity index (χ1) is 24.7. The van der Waals surface area contributed by atoms with E-state index in [1.54, 1.807) is 0 Å². The maximum absolute atomic E-state index is 14.2. The lowest BCUT2D eigenvalue weighted by Crippen LogP contribution is -2.47. The number of rotatable bonds is 16. The molecule has 52 heavy (non-hydrogen) atoms. The van der Waals surface area contributed by atoms with Gasteiger partial charge in [0.2, 0.25) is 0 Å². The van der Waals surface area contributed by atoms with Crippen LogP contribution < -0.4 is 15.4 Å². The maximum Gasteiger partial charge on any atom is 0.431 e. The Morgan fingerprint density at radius 3 is 2.29 bits per heavy atom. The van der Waals surface area contributed by atoms with Gasteiger partial charge in [0.05, 0.1) is 29.1 Å². The smallest absolute Gasteiger partial charge is 0.431 e. The molecule has 4 rings (SSSR count). The van der Waals surface area contributed by atoms with Gasteiger partial charge in [0, 0.05) is 69.7 Å². The number of hydrogen-bond donors (Lipinski definition) is 3. The number of alkyl halides is 3. The molecule has 1 fully saturated rings. The summed E-state index contributed by atoms with van der Waals surface area (Å²) < 4.78 is 58.4. The molecule has 0 spiro atoms. The number of aliphatic hydroxyl groups is 1. The van der Waals surface area contributed by atoms with Crippen LogP contribution >= 0.6 is 0 Å². The number of aliphatic hydroxyl groups excluding tert-OH is 1. The molecule has 2 aliphatic heterocycles. The van der Waals surface area contributed by atoms with E-state index in [-0.39, 0.29) is 36.1 Å². The summed E-state index contributed by atoms with van der Waals surface area (Å²) in [6, 6.07) is 12.8. The van der Waals surface area contributed by atoms with Gasteiger partial charge in [0.1, 0.15) is 30.8 Å². The number of hydrogen-bond acceptors (Lipinski definition) is 12. The Kier molecular flexibility index (Phi) is 14.2. The lowest BCUT2D eigenvalue weighted by molar-refractivity contribution is -0.384. The molecule has 16 heteroatoms. The third-order valence-electron chi connectivity index (χ3n) is 8.84. The molecule has 0 aliphatic carbocycles. The van der Waals surface area contributed by atoms with E-state index < -0.39 is 52.0 Å². The SMILES string of the molecule is COC(=O)C1=C(C(F)(F)F)NC(C)=C(C(=O)OCCN2CCN(CCc3ccc(OCC(O)CNC(C)C)cc3)CC2)C1c1cccc([N+](=O)[O-])c1. The van der Waals surface area contributed by atoms with Gasteiger partial charge in [-0.25, -0.2) is 9.59 Å². The molecule has 2 aromatic rings. The molecule has 2 heterocycles. The van der Waals surface area contributed by atoms with Crippen molar-refractivity contribution in [2.75, 3.05) is 66.1 Å². The van der Waals surface area contributed by atoms with Gasteiger partial charge in [0.25, 0.3) is 5.69 Å². The van der Waals surface area contributed by atoms with E-state index in [9.17, 15) is 38.0 Å². The number of allylic oxidation sites excluding steroid dienone is 2. The van der Waals surface area contributed by atoms with Gasteiger partial charge in [-0.15, -0.1) is 0 Å². The molecule has 0 radical (unpaired) electrons. The number of esters is 2. The number of piperazine rings is 1. The van der Waals surface area contributed by atoms with Gasteiger partial charge < -0.3 is 34.9 Å². The molecule has 284 valence electrons. The lowest BCUT2D eigenvalue weighted by atomic mass is 9.80. The number of non-ortho nitro benzene ring substituents is 1. The van der Waals surface area contributed by atoms with Crippen molar-refractivity contribution in [2.45, 2.75) is 51.4 Å². The summed E-state index contributed by atoms with van der Waals surface area (Å²) in [4.78, 5) is 41.5. The van der Waals surface area contributed by atoms with Crippen LogP contribution in [-0.4, -0.2) is 116 Å². The van der Waals surface area contributed by atoms with Gasteiger partial charge in [-0.2, -0.15) is 13.2 Å². The summed E-state index contributed by atoms with van der Waals surface area (Å²) in [6.45, 7) is 10.1. The van der Waals surface area contributed by atoms with Gasteiger partial charge in [-0.3, -0.25) is 15.0 Å². The summed E-state index contributed by atoms with van der Waals surface area (Å²) >= 11 is 0. The minimum absolute atomic E-state index is 0.0691. The first-order valence-corrected chi connectivity index (χ1v) is 17.0.